The first-order valence-electron chi connectivity index (χ1n) is 5.48. The number of benzene rings is 1. The Labute approximate surface area is 109 Å². The summed E-state index contributed by atoms with van der Waals surface area (Å²) in [7, 11) is 0. The predicted octanol–water partition coefficient (Wildman–Crippen LogP) is 2.32. The molecule has 98 valence electrons. The molecule has 0 heterocycles. The van der Waals surface area contributed by atoms with Gasteiger partial charge in [0.05, 0.1) is 15.6 Å². The van der Waals surface area contributed by atoms with E-state index in [1.54, 1.807) is 0 Å². The average Bonchev–Trinajstić information content (AvgIpc) is 2.32. The molecule has 0 fully saturated rings. The molecule has 0 aliphatic rings. The summed E-state index contributed by atoms with van der Waals surface area (Å²) < 4.78 is 0. The van der Waals surface area contributed by atoms with Gasteiger partial charge in [-0.25, -0.2) is 0 Å². The summed E-state index contributed by atoms with van der Waals surface area (Å²) in [6.45, 7) is 0.547. The maximum Gasteiger partial charge on any atom is 0.271 e. The summed E-state index contributed by atoms with van der Waals surface area (Å²) in [6, 6.07) is 3.92. The summed E-state index contributed by atoms with van der Waals surface area (Å²) in [4.78, 5) is 21.5. The number of nitrogens with two attached hydrogens (primary N) is 1. The zero-order valence-corrected chi connectivity index (χ0v) is 10.4. The third kappa shape index (κ3) is 4.31. The molecule has 0 saturated carbocycles. The van der Waals surface area contributed by atoms with Crippen LogP contribution in [0, 0.1) is 10.1 Å². The molecule has 1 aromatic rings. The minimum absolute atomic E-state index is 0.110. The van der Waals surface area contributed by atoms with E-state index < -0.39 is 4.92 Å². The van der Waals surface area contributed by atoms with Crippen molar-refractivity contribution in [2.24, 2.45) is 5.73 Å². The predicted molar refractivity (Wildman–Crippen MR) is 69.6 cm³/mol. The molecule has 0 saturated heterocycles. The molecule has 1 amide bonds. The van der Waals surface area contributed by atoms with Crippen molar-refractivity contribution in [1.82, 2.24) is 0 Å². The molecule has 0 spiro atoms. The Hall–Kier alpha value is -1.66. The van der Waals surface area contributed by atoms with Gasteiger partial charge in [-0.15, -0.1) is 0 Å². The van der Waals surface area contributed by atoms with Crippen LogP contribution in [0.5, 0.6) is 0 Å². The maximum absolute atomic E-state index is 11.5. The van der Waals surface area contributed by atoms with Gasteiger partial charge in [-0.05, 0) is 25.5 Å². The Morgan fingerprint density at radius 2 is 2.17 bits per heavy atom. The first-order valence-corrected chi connectivity index (χ1v) is 5.86. The number of rotatable bonds is 6. The highest BCUT2D eigenvalue weighted by Crippen LogP contribution is 2.26. The van der Waals surface area contributed by atoms with Crippen LogP contribution in [0.4, 0.5) is 11.4 Å². The van der Waals surface area contributed by atoms with Crippen LogP contribution in [0.25, 0.3) is 0 Å². The topological polar surface area (TPSA) is 98.3 Å². The van der Waals surface area contributed by atoms with Gasteiger partial charge in [0.1, 0.15) is 0 Å². The van der Waals surface area contributed by atoms with E-state index in [2.05, 4.69) is 5.32 Å². The number of carbonyl (C=O) groups is 1. The fraction of sp³-hybridized carbons (Fsp3) is 0.364. The lowest BCUT2D eigenvalue weighted by molar-refractivity contribution is -0.384. The first kappa shape index (κ1) is 14.4. The van der Waals surface area contributed by atoms with Gasteiger partial charge in [0.15, 0.2) is 0 Å². The van der Waals surface area contributed by atoms with E-state index in [4.69, 9.17) is 17.3 Å². The van der Waals surface area contributed by atoms with E-state index >= 15 is 0 Å². The Morgan fingerprint density at radius 1 is 1.44 bits per heavy atom. The molecule has 0 bridgehead atoms. The third-order valence-corrected chi connectivity index (χ3v) is 2.61. The summed E-state index contributed by atoms with van der Waals surface area (Å²) in [6.07, 6.45) is 1.83. The highest BCUT2D eigenvalue weighted by Gasteiger charge is 2.11. The Morgan fingerprint density at radius 3 is 2.72 bits per heavy atom. The number of hydrogen-bond donors (Lipinski definition) is 2. The average molecular weight is 272 g/mol. The fourth-order valence-electron chi connectivity index (χ4n) is 1.36. The second kappa shape index (κ2) is 6.93. The molecule has 1 rings (SSSR count). The van der Waals surface area contributed by atoms with Gasteiger partial charge in [0.25, 0.3) is 5.69 Å². The molecule has 0 unspecified atom stereocenters. The summed E-state index contributed by atoms with van der Waals surface area (Å²) in [5.74, 6) is -0.181. The highest BCUT2D eigenvalue weighted by molar-refractivity contribution is 6.33. The Kier molecular flexibility index (Phi) is 5.54. The number of nitro benzene ring substituents is 1. The third-order valence-electron chi connectivity index (χ3n) is 2.30. The molecule has 7 heteroatoms. The molecule has 0 aliphatic heterocycles. The van der Waals surface area contributed by atoms with Crippen molar-refractivity contribution in [3.05, 3.63) is 33.3 Å². The van der Waals surface area contributed by atoms with Crippen LogP contribution >= 0.6 is 11.6 Å². The number of non-ortho nitro benzene ring substituents is 1. The summed E-state index contributed by atoms with van der Waals surface area (Å²) in [5, 5.41) is 13.3. The number of carbonyl (C=O) groups excluding carboxylic acids is 1. The van der Waals surface area contributed by atoms with Gasteiger partial charge in [0, 0.05) is 18.6 Å². The zero-order chi connectivity index (χ0) is 13.5. The molecule has 0 aliphatic carbocycles. The molecule has 3 N–H and O–H groups in total. The van der Waals surface area contributed by atoms with Crippen molar-refractivity contribution in [1.29, 1.82) is 0 Å². The first-order chi connectivity index (χ1) is 8.54. The summed E-state index contributed by atoms with van der Waals surface area (Å²) in [5.41, 5.74) is 5.58. The smallest absolute Gasteiger partial charge is 0.271 e. The molecule has 0 radical (unpaired) electrons. The zero-order valence-electron chi connectivity index (χ0n) is 9.69. The highest BCUT2D eigenvalue weighted by atomic mass is 35.5. The number of nitro groups is 1. The summed E-state index contributed by atoms with van der Waals surface area (Å²) >= 11 is 5.84. The monoisotopic (exact) mass is 271 g/mol. The van der Waals surface area contributed by atoms with Crippen LogP contribution in [0.3, 0.4) is 0 Å². The molecular weight excluding hydrogens is 258 g/mol. The van der Waals surface area contributed by atoms with Crippen LogP contribution in [-0.2, 0) is 4.79 Å². The minimum Gasteiger partial charge on any atom is -0.330 e. The van der Waals surface area contributed by atoms with Crippen molar-refractivity contribution in [2.75, 3.05) is 11.9 Å². The fourth-order valence-corrected chi connectivity index (χ4v) is 1.58. The SMILES string of the molecule is NCCCCC(=O)Nc1ccc([N+](=O)[O-])cc1Cl. The van der Waals surface area contributed by atoms with Crippen molar-refractivity contribution in [3.8, 4) is 0 Å². The number of amides is 1. The van der Waals surface area contributed by atoms with E-state index in [-0.39, 0.29) is 16.6 Å². The van der Waals surface area contributed by atoms with Gasteiger partial charge < -0.3 is 11.1 Å². The second-order valence-electron chi connectivity index (χ2n) is 3.72. The van der Waals surface area contributed by atoms with E-state index in [9.17, 15) is 14.9 Å². The number of nitrogens with one attached hydrogen (secondary N) is 1. The molecule has 6 nitrogen and oxygen atoms in total. The Balaban J connectivity index is 2.62. The largest absolute Gasteiger partial charge is 0.330 e. The van der Waals surface area contributed by atoms with Crippen molar-refractivity contribution < 1.29 is 9.72 Å². The number of unbranched alkanes of at least 4 members (excludes halogenated alkanes) is 1. The molecule has 0 aromatic heterocycles. The quantitative estimate of drug-likeness (QED) is 0.471. The lowest BCUT2D eigenvalue weighted by atomic mass is 10.2. The van der Waals surface area contributed by atoms with E-state index in [0.29, 0.717) is 25.1 Å². The van der Waals surface area contributed by atoms with Gasteiger partial charge >= 0.3 is 0 Å². The van der Waals surface area contributed by atoms with Crippen molar-refractivity contribution in [2.45, 2.75) is 19.3 Å². The molecular formula is C11H14ClN3O3. The Bertz CT molecular complexity index is 451. The standard InChI is InChI=1S/C11H14ClN3O3/c12-9-7-8(15(17)18)4-5-10(9)14-11(16)3-1-2-6-13/h4-5,7H,1-3,6,13H2,(H,14,16). The van der Waals surface area contributed by atoms with E-state index in [0.717, 1.165) is 6.42 Å². The molecule has 0 atom stereocenters. The van der Waals surface area contributed by atoms with E-state index in [1.165, 1.54) is 18.2 Å². The lowest BCUT2D eigenvalue weighted by Gasteiger charge is -2.06. The number of halogens is 1. The van der Waals surface area contributed by atoms with Crippen LogP contribution in [0.1, 0.15) is 19.3 Å². The molecule has 1 aromatic carbocycles. The number of hydrogen-bond acceptors (Lipinski definition) is 4. The van der Waals surface area contributed by atoms with Gasteiger partial charge in [0.2, 0.25) is 5.91 Å². The minimum atomic E-state index is -0.543. The maximum atomic E-state index is 11.5. The van der Waals surface area contributed by atoms with Gasteiger partial charge in [-0.2, -0.15) is 0 Å². The van der Waals surface area contributed by atoms with Crippen molar-refractivity contribution >= 4 is 28.9 Å². The van der Waals surface area contributed by atoms with Gasteiger partial charge in [-0.1, -0.05) is 11.6 Å². The molecule has 18 heavy (non-hydrogen) atoms. The number of nitrogens with zero attached hydrogens (tertiary/aromatic N) is 1. The number of anilines is 1. The second-order valence-corrected chi connectivity index (χ2v) is 4.12. The normalized spacial score (nSPS) is 10.1. The van der Waals surface area contributed by atoms with Crippen molar-refractivity contribution in [3.63, 3.8) is 0 Å². The van der Waals surface area contributed by atoms with E-state index in [1.807, 2.05) is 0 Å². The van der Waals surface area contributed by atoms with Crippen LogP contribution in [0.2, 0.25) is 5.02 Å². The lowest BCUT2D eigenvalue weighted by Crippen LogP contribution is -2.12. The van der Waals surface area contributed by atoms with Crippen LogP contribution in [-0.4, -0.2) is 17.4 Å². The van der Waals surface area contributed by atoms with Crippen LogP contribution < -0.4 is 11.1 Å². The van der Waals surface area contributed by atoms with Gasteiger partial charge in [-0.3, -0.25) is 14.9 Å². The van der Waals surface area contributed by atoms with Crippen LogP contribution in [0.15, 0.2) is 18.2 Å².